The summed E-state index contributed by atoms with van der Waals surface area (Å²) in [6.45, 7) is 3.72. The summed E-state index contributed by atoms with van der Waals surface area (Å²) < 4.78 is 39.3. The Hall–Kier alpha value is -1.50. The summed E-state index contributed by atoms with van der Waals surface area (Å²) in [5.41, 5.74) is 0. The van der Waals surface area contributed by atoms with E-state index in [-0.39, 0.29) is 11.1 Å². The third-order valence-electron chi connectivity index (χ3n) is 1.30. The first-order valence-corrected chi connectivity index (χ1v) is 4.43. The van der Waals surface area contributed by atoms with Gasteiger partial charge in [0.1, 0.15) is 5.15 Å². The van der Waals surface area contributed by atoms with Gasteiger partial charge >= 0.3 is 6.36 Å². The number of hydrogen-bond donors (Lipinski definition) is 1. The van der Waals surface area contributed by atoms with Crippen molar-refractivity contribution in [1.82, 2.24) is 9.97 Å². The highest BCUT2D eigenvalue weighted by Crippen LogP contribution is 2.23. The van der Waals surface area contributed by atoms with Gasteiger partial charge in [0.15, 0.2) is 0 Å². The zero-order valence-electron chi connectivity index (χ0n) is 7.88. The first kappa shape index (κ1) is 12.6. The highest BCUT2D eigenvalue weighted by molar-refractivity contribution is 6.29. The lowest BCUT2D eigenvalue weighted by Gasteiger charge is -2.09. The van der Waals surface area contributed by atoms with Crippen LogP contribution in [0.15, 0.2) is 18.7 Å². The van der Waals surface area contributed by atoms with Crippen LogP contribution in [0.3, 0.4) is 0 Å². The topological polar surface area (TPSA) is 47.0 Å². The molecule has 0 radical (unpaired) electrons. The van der Waals surface area contributed by atoms with Crippen LogP contribution >= 0.6 is 11.6 Å². The van der Waals surface area contributed by atoms with Crippen molar-refractivity contribution in [2.75, 3.05) is 11.9 Å². The summed E-state index contributed by atoms with van der Waals surface area (Å²) >= 11 is 5.49. The lowest BCUT2D eigenvalue weighted by molar-refractivity contribution is -0.276. The number of anilines is 1. The number of nitrogens with zero attached hydrogens (tertiary/aromatic N) is 2. The molecule has 1 rings (SSSR count). The van der Waals surface area contributed by atoms with Crippen LogP contribution < -0.4 is 10.1 Å². The van der Waals surface area contributed by atoms with E-state index in [1.165, 1.54) is 6.08 Å². The van der Waals surface area contributed by atoms with E-state index >= 15 is 0 Å². The average molecular weight is 254 g/mol. The van der Waals surface area contributed by atoms with Crippen molar-refractivity contribution in [3.8, 4) is 5.88 Å². The van der Waals surface area contributed by atoms with E-state index in [0.717, 1.165) is 6.07 Å². The zero-order chi connectivity index (χ0) is 12.2. The van der Waals surface area contributed by atoms with Gasteiger partial charge < -0.3 is 10.1 Å². The number of hydrogen-bond acceptors (Lipinski definition) is 4. The third kappa shape index (κ3) is 4.35. The molecule has 8 heteroatoms. The van der Waals surface area contributed by atoms with Gasteiger partial charge in [0, 0.05) is 12.6 Å². The van der Waals surface area contributed by atoms with E-state index in [2.05, 4.69) is 26.6 Å². The summed E-state index contributed by atoms with van der Waals surface area (Å²) in [5, 5.41) is 2.44. The molecular formula is C8H7ClF3N3O. The van der Waals surface area contributed by atoms with Crippen molar-refractivity contribution in [3.63, 3.8) is 0 Å². The number of alkyl halides is 3. The number of halogens is 4. The maximum absolute atomic E-state index is 11.9. The Balaban J connectivity index is 2.85. The zero-order valence-corrected chi connectivity index (χ0v) is 8.64. The van der Waals surface area contributed by atoms with Gasteiger partial charge in [-0.1, -0.05) is 17.7 Å². The van der Waals surface area contributed by atoms with Crippen molar-refractivity contribution in [1.29, 1.82) is 0 Å². The molecule has 16 heavy (non-hydrogen) atoms. The van der Waals surface area contributed by atoms with Crippen LogP contribution in [0.25, 0.3) is 0 Å². The summed E-state index contributed by atoms with van der Waals surface area (Å²) in [7, 11) is 0. The van der Waals surface area contributed by atoms with E-state index in [0.29, 0.717) is 6.54 Å². The fourth-order valence-corrected chi connectivity index (χ4v) is 0.984. The number of nitrogens with one attached hydrogen (secondary N) is 1. The molecule has 88 valence electrons. The summed E-state index contributed by atoms with van der Waals surface area (Å²) in [6, 6.07) is 0.869. The molecule has 0 aliphatic heterocycles. The van der Waals surface area contributed by atoms with Gasteiger partial charge in [0.05, 0.1) is 0 Å². The first-order valence-electron chi connectivity index (χ1n) is 4.06. The van der Waals surface area contributed by atoms with Crippen LogP contribution in [0, 0.1) is 0 Å². The van der Waals surface area contributed by atoms with E-state index in [1.54, 1.807) is 0 Å². The van der Waals surface area contributed by atoms with Gasteiger partial charge in [-0.2, -0.15) is 4.98 Å². The van der Waals surface area contributed by atoms with Gasteiger partial charge in [-0.25, -0.2) is 4.98 Å². The SMILES string of the molecule is C=CCNc1nc(Cl)cc(OC(F)(F)F)n1. The van der Waals surface area contributed by atoms with E-state index in [1.807, 2.05) is 0 Å². The normalized spacial score (nSPS) is 11.0. The maximum atomic E-state index is 11.9. The summed E-state index contributed by atoms with van der Waals surface area (Å²) in [5.74, 6) is -0.731. The van der Waals surface area contributed by atoms with Crippen molar-refractivity contribution in [2.24, 2.45) is 0 Å². The standard InChI is InChI=1S/C8H7ClF3N3O/c1-2-3-13-7-14-5(9)4-6(15-7)16-8(10,11)12/h2,4H,1,3H2,(H,13,14,15). The Morgan fingerprint density at radius 1 is 1.50 bits per heavy atom. The van der Waals surface area contributed by atoms with Crippen molar-refractivity contribution < 1.29 is 17.9 Å². The molecule has 1 aromatic rings. The predicted molar refractivity (Wildman–Crippen MR) is 52.4 cm³/mol. The van der Waals surface area contributed by atoms with Crippen LogP contribution in [0.1, 0.15) is 0 Å². The second kappa shape index (κ2) is 5.02. The molecule has 0 aromatic carbocycles. The number of rotatable bonds is 4. The minimum atomic E-state index is -4.81. The average Bonchev–Trinajstić information content (AvgIpc) is 2.10. The smallest absolute Gasteiger partial charge is 0.388 e. The fourth-order valence-electron chi connectivity index (χ4n) is 0.810. The first-order chi connectivity index (χ1) is 7.40. The Morgan fingerprint density at radius 2 is 2.19 bits per heavy atom. The van der Waals surface area contributed by atoms with Crippen LogP contribution in [0.2, 0.25) is 5.15 Å². The molecule has 0 aliphatic rings. The minimum Gasteiger partial charge on any atom is -0.388 e. The third-order valence-corrected chi connectivity index (χ3v) is 1.49. The molecule has 0 spiro atoms. The van der Waals surface area contributed by atoms with Gasteiger partial charge in [-0.3, -0.25) is 0 Å². The van der Waals surface area contributed by atoms with Gasteiger partial charge in [0.2, 0.25) is 11.8 Å². The number of ether oxygens (including phenoxy) is 1. The van der Waals surface area contributed by atoms with Gasteiger partial charge in [0.25, 0.3) is 0 Å². The summed E-state index contributed by atoms with van der Waals surface area (Å²) in [6.07, 6.45) is -3.32. The number of aromatic nitrogens is 2. The second-order valence-electron chi connectivity index (χ2n) is 2.57. The van der Waals surface area contributed by atoms with Crippen LogP contribution in [0.4, 0.5) is 19.1 Å². The maximum Gasteiger partial charge on any atom is 0.574 e. The molecule has 4 nitrogen and oxygen atoms in total. The Kier molecular flexibility index (Phi) is 3.94. The van der Waals surface area contributed by atoms with Crippen LogP contribution in [-0.4, -0.2) is 22.9 Å². The Morgan fingerprint density at radius 3 is 2.75 bits per heavy atom. The van der Waals surface area contributed by atoms with E-state index in [4.69, 9.17) is 11.6 Å². The van der Waals surface area contributed by atoms with Crippen molar-refractivity contribution in [2.45, 2.75) is 6.36 Å². The quantitative estimate of drug-likeness (QED) is 0.662. The predicted octanol–water partition coefficient (Wildman–Crippen LogP) is 2.63. The lowest BCUT2D eigenvalue weighted by atomic mass is 10.6. The van der Waals surface area contributed by atoms with E-state index in [9.17, 15) is 13.2 Å². The Bertz CT molecular complexity index is 383. The van der Waals surface area contributed by atoms with Gasteiger partial charge in [-0.05, 0) is 0 Å². The molecule has 1 N–H and O–H groups in total. The monoisotopic (exact) mass is 253 g/mol. The highest BCUT2D eigenvalue weighted by atomic mass is 35.5. The molecule has 0 bridgehead atoms. The van der Waals surface area contributed by atoms with Crippen LogP contribution in [0.5, 0.6) is 5.88 Å². The molecular weight excluding hydrogens is 247 g/mol. The molecule has 0 fully saturated rings. The molecule has 1 aromatic heterocycles. The van der Waals surface area contributed by atoms with Crippen molar-refractivity contribution in [3.05, 3.63) is 23.9 Å². The van der Waals surface area contributed by atoms with Gasteiger partial charge in [-0.15, -0.1) is 19.8 Å². The highest BCUT2D eigenvalue weighted by Gasteiger charge is 2.32. The minimum absolute atomic E-state index is 0.0633. The summed E-state index contributed by atoms with van der Waals surface area (Å²) in [4.78, 5) is 7.11. The lowest BCUT2D eigenvalue weighted by Crippen LogP contribution is -2.18. The Labute approximate surface area is 94.1 Å². The van der Waals surface area contributed by atoms with Crippen LogP contribution in [-0.2, 0) is 0 Å². The van der Waals surface area contributed by atoms with E-state index < -0.39 is 12.2 Å². The molecule has 0 atom stereocenters. The fraction of sp³-hybridized carbons (Fsp3) is 0.250. The molecule has 1 heterocycles. The molecule has 0 unspecified atom stereocenters. The molecule has 0 saturated heterocycles. The molecule has 0 saturated carbocycles. The van der Waals surface area contributed by atoms with Crippen molar-refractivity contribution >= 4 is 17.5 Å². The molecule has 0 amide bonds. The molecule has 0 aliphatic carbocycles. The second-order valence-corrected chi connectivity index (χ2v) is 2.96. The largest absolute Gasteiger partial charge is 0.574 e.